The van der Waals surface area contributed by atoms with Crippen molar-refractivity contribution in [2.45, 2.75) is 70.5 Å². The number of benzene rings is 4. The van der Waals surface area contributed by atoms with E-state index >= 15 is 0 Å². The zero-order chi connectivity index (χ0) is 47.5. The van der Waals surface area contributed by atoms with Gasteiger partial charge in [0, 0.05) is 44.3 Å². The molecule has 5 heterocycles. The smallest absolute Gasteiger partial charge is 0.119 e. The van der Waals surface area contributed by atoms with E-state index in [0.29, 0.717) is 13.2 Å². The summed E-state index contributed by atoms with van der Waals surface area (Å²) in [5.74, 6) is 1.61. The van der Waals surface area contributed by atoms with Crippen LogP contribution in [0, 0.1) is 6.92 Å². The SMILES string of the molecule is C=CC(O)CCCCCOc1ccc(-c2c3nc(c(-c4ccc(C)cc4)c4ccc([nH]4)c(-c4ccc(OCCCCCC(O)C=C)cc4)c4nc(c(-c5ccccc5)c5ccc2[nH]5)C=C4)C=C3)cc1. The summed E-state index contributed by atoms with van der Waals surface area (Å²) in [5.41, 5.74) is 16.3. The summed E-state index contributed by atoms with van der Waals surface area (Å²) in [5, 5.41) is 19.6. The summed E-state index contributed by atoms with van der Waals surface area (Å²) in [4.78, 5) is 18.6. The second-order valence-corrected chi connectivity index (χ2v) is 17.8. The van der Waals surface area contributed by atoms with E-state index in [9.17, 15) is 10.2 Å². The number of aromatic amines is 2. The monoisotopic (exact) mass is 912 g/mol. The number of hydrogen-bond acceptors (Lipinski definition) is 6. The lowest BCUT2D eigenvalue weighted by Crippen LogP contribution is -2.02. The van der Waals surface area contributed by atoms with Crippen LogP contribution in [0.15, 0.2) is 153 Å². The number of rotatable bonds is 20. The van der Waals surface area contributed by atoms with Crippen LogP contribution >= 0.6 is 0 Å². The molecule has 0 radical (unpaired) electrons. The Morgan fingerprint density at radius 3 is 1.16 bits per heavy atom. The highest BCUT2D eigenvalue weighted by Gasteiger charge is 2.19. The maximum Gasteiger partial charge on any atom is 0.119 e. The van der Waals surface area contributed by atoms with Gasteiger partial charge in [-0.05, 0) is 141 Å². The fraction of sp³-hybridized carbons (Fsp3) is 0.213. The highest BCUT2D eigenvalue weighted by Crippen LogP contribution is 2.39. The molecule has 3 aromatic heterocycles. The molecule has 348 valence electrons. The first kappa shape index (κ1) is 46.6. The molecule has 0 fully saturated rings. The van der Waals surface area contributed by atoms with Crippen LogP contribution in [0.1, 0.15) is 79.7 Å². The molecule has 2 aliphatic rings. The van der Waals surface area contributed by atoms with Gasteiger partial charge >= 0.3 is 0 Å². The molecular weight excluding hydrogens is 853 g/mol. The largest absolute Gasteiger partial charge is 0.494 e. The Labute approximate surface area is 405 Å². The van der Waals surface area contributed by atoms with E-state index in [0.717, 1.165) is 152 Å². The summed E-state index contributed by atoms with van der Waals surface area (Å²) in [6.45, 7) is 10.7. The number of nitrogens with zero attached hydrogens (tertiary/aromatic N) is 2. The first-order chi connectivity index (χ1) is 33.8. The topological polar surface area (TPSA) is 116 Å². The number of H-pyrrole nitrogens is 2. The number of aryl methyl sites for hydroxylation is 1. The number of aliphatic hydroxyl groups excluding tert-OH is 2. The first-order valence-corrected chi connectivity index (χ1v) is 24.2. The van der Waals surface area contributed by atoms with Crippen molar-refractivity contribution in [3.8, 4) is 56.0 Å². The molecule has 4 aromatic carbocycles. The van der Waals surface area contributed by atoms with Gasteiger partial charge in [0.2, 0.25) is 0 Å². The average Bonchev–Trinajstić information content (AvgIpc) is 4.24. The standard InChI is InChI=1S/C61H60N4O4/c1-4-46(66)17-11-7-13-39-68-48-27-23-44(24-28-48)60-54-33-31-50(62-54)58(42-15-9-6-10-16-42)51-32-34-55(63-51)61(45-25-29-49(30-26-45)69-40-14-8-12-18-47(67)5-2)57-38-36-53(65-57)59(52-35-37-56(60)64-52)43-21-19-41(3)20-22-43/h4-6,9-10,15-16,19-38,46-47,62,65-67H,1-2,7-8,11-14,17-18,39-40H2,3H3. The van der Waals surface area contributed by atoms with E-state index in [1.807, 2.05) is 30.3 Å². The Morgan fingerprint density at radius 1 is 0.449 bits per heavy atom. The normalized spacial score (nSPS) is 12.7. The van der Waals surface area contributed by atoms with Gasteiger partial charge in [-0.2, -0.15) is 0 Å². The molecule has 0 spiro atoms. The molecule has 2 atom stereocenters. The van der Waals surface area contributed by atoms with Crippen molar-refractivity contribution >= 4 is 46.4 Å². The zero-order valence-corrected chi connectivity index (χ0v) is 39.3. The Balaban J connectivity index is 1.18. The van der Waals surface area contributed by atoms with Gasteiger partial charge in [-0.1, -0.05) is 109 Å². The molecule has 2 aliphatic heterocycles. The Morgan fingerprint density at radius 2 is 0.797 bits per heavy atom. The molecule has 4 N–H and O–H groups in total. The van der Waals surface area contributed by atoms with E-state index < -0.39 is 12.2 Å². The van der Waals surface area contributed by atoms with E-state index in [1.54, 1.807) is 12.2 Å². The molecule has 0 saturated carbocycles. The molecule has 9 rings (SSSR count). The molecule has 8 bridgehead atoms. The maximum atomic E-state index is 9.82. The summed E-state index contributed by atoms with van der Waals surface area (Å²) in [7, 11) is 0. The van der Waals surface area contributed by atoms with Crippen molar-refractivity contribution < 1.29 is 19.7 Å². The van der Waals surface area contributed by atoms with E-state index in [1.165, 1.54) is 5.56 Å². The third-order valence-electron chi connectivity index (χ3n) is 12.8. The Bertz CT molecular complexity index is 3060. The lowest BCUT2D eigenvalue weighted by Gasteiger charge is -2.10. The van der Waals surface area contributed by atoms with Crippen LogP contribution in [0.4, 0.5) is 0 Å². The fourth-order valence-electron chi connectivity index (χ4n) is 9.06. The summed E-state index contributed by atoms with van der Waals surface area (Å²) < 4.78 is 12.4. The summed E-state index contributed by atoms with van der Waals surface area (Å²) in [6, 6.07) is 44.3. The van der Waals surface area contributed by atoms with Gasteiger partial charge in [0.1, 0.15) is 11.5 Å². The van der Waals surface area contributed by atoms with Crippen LogP contribution in [0.5, 0.6) is 11.5 Å². The van der Waals surface area contributed by atoms with Crippen LogP contribution in [0.2, 0.25) is 0 Å². The molecule has 69 heavy (non-hydrogen) atoms. The highest BCUT2D eigenvalue weighted by molar-refractivity contribution is 5.99. The summed E-state index contributed by atoms with van der Waals surface area (Å²) in [6.07, 6.45) is 17.8. The van der Waals surface area contributed by atoms with Crippen LogP contribution in [0.25, 0.3) is 90.9 Å². The third kappa shape index (κ3) is 11.1. The molecule has 0 saturated heterocycles. The van der Waals surface area contributed by atoms with Crippen molar-refractivity contribution in [3.05, 3.63) is 181 Å². The highest BCUT2D eigenvalue weighted by atomic mass is 16.5. The number of unbranched alkanes of at least 4 members (excludes halogenated alkanes) is 4. The molecule has 2 unspecified atom stereocenters. The minimum Gasteiger partial charge on any atom is -0.494 e. The Kier molecular flexibility index (Phi) is 14.9. The lowest BCUT2D eigenvalue weighted by molar-refractivity contribution is 0.206. The lowest BCUT2D eigenvalue weighted by atomic mass is 10.0. The van der Waals surface area contributed by atoms with Crippen LogP contribution < -0.4 is 9.47 Å². The number of fused-ring (bicyclic) bond motifs is 8. The van der Waals surface area contributed by atoms with Crippen molar-refractivity contribution in [1.82, 2.24) is 19.9 Å². The third-order valence-corrected chi connectivity index (χ3v) is 12.8. The van der Waals surface area contributed by atoms with Gasteiger partial charge in [0.15, 0.2) is 0 Å². The fourth-order valence-corrected chi connectivity index (χ4v) is 9.06. The molecular formula is C61H60N4O4. The zero-order valence-electron chi connectivity index (χ0n) is 39.3. The van der Waals surface area contributed by atoms with Crippen LogP contribution in [0.3, 0.4) is 0 Å². The van der Waals surface area contributed by atoms with Crippen molar-refractivity contribution in [2.24, 2.45) is 0 Å². The second kappa shape index (κ2) is 22.1. The first-order valence-electron chi connectivity index (χ1n) is 24.2. The van der Waals surface area contributed by atoms with Gasteiger partial charge in [0.25, 0.3) is 0 Å². The van der Waals surface area contributed by atoms with Crippen LogP contribution in [-0.4, -0.2) is 55.6 Å². The molecule has 0 aliphatic carbocycles. The van der Waals surface area contributed by atoms with Crippen molar-refractivity contribution in [3.63, 3.8) is 0 Å². The predicted octanol–water partition coefficient (Wildman–Crippen LogP) is 14.6. The van der Waals surface area contributed by atoms with Gasteiger partial charge in [-0.15, -0.1) is 13.2 Å². The molecule has 8 nitrogen and oxygen atoms in total. The van der Waals surface area contributed by atoms with Gasteiger partial charge in [-0.3, -0.25) is 0 Å². The number of aliphatic hydroxyl groups is 2. The number of hydrogen-bond donors (Lipinski definition) is 4. The minimum atomic E-state index is -0.449. The predicted molar refractivity (Wildman–Crippen MR) is 286 cm³/mol. The minimum absolute atomic E-state index is 0.449. The number of aromatic nitrogens is 4. The average molecular weight is 913 g/mol. The van der Waals surface area contributed by atoms with Crippen LogP contribution in [-0.2, 0) is 0 Å². The van der Waals surface area contributed by atoms with E-state index in [-0.39, 0.29) is 0 Å². The summed E-state index contributed by atoms with van der Waals surface area (Å²) >= 11 is 0. The maximum absolute atomic E-state index is 9.82. The number of nitrogens with one attached hydrogen (secondary N) is 2. The van der Waals surface area contributed by atoms with E-state index in [2.05, 4.69) is 151 Å². The van der Waals surface area contributed by atoms with Gasteiger partial charge < -0.3 is 29.7 Å². The number of ether oxygens (including phenoxy) is 2. The van der Waals surface area contributed by atoms with Crippen molar-refractivity contribution in [2.75, 3.05) is 13.2 Å². The molecule has 7 aromatic rings. The Hall–Kier alpha value is -7.52. The molecule has 8 heteroatoms. The molecule has 0 amide bonds. The second-order valence-electron chi connectivity index (χ2n) is 17.8. The van der Waals surface area contributed by atoms with E-state index in [4.69, 9.17) is 19.4 Å². The van der Waals surface area contributed by atoms with Gasteiger partial charge in [0.05, 0.1) is 48.2 Å². The van der Waals surface area contributed by atoms with Crippen molar-refractivity contribution in [1.29, 1.82) is 0 Å². The van der Waals surface area contributed by atoms with Gasteiger partial charge in [-0.25, -0.2) is 9.97 Å². The quantitative estimate of drug-likeness (QED) is 0.0447.